The summed E-state index contributed by atoms with van der Waals surface area (Å²) < 4.78 is 22.4. The molecule has 0 bridgehead atoms. The number of allylic oxidation sites excluding steroid dienone is 3. The van der Waals surface area contributed by atoms with E-state index >= 15 is 0 Å². The summed E-state index contributed by atoms with van der Waals surface area (Å²) in [6, 6.07) is 3.53. The van der Waals surface area contributed by atoms with E-state index in [0.29, 0.717) is 12.0 Å². The highest BCUT2D eigenvalue weighted by Crippen LogP contribution is 2.47. The van der Waals surface area contributed by atoms with Gasteiger partial charge in [0.2, 0.25) is 0 Å². The van der Waals surface area contributed by atoms with Crippen molar-refractivity contribution >= 4 is 13.8 Å². The molecule has 1 aromatic rings. The van der Waals surface area contributed by atoms with E-state index in [0.717, 1.165) is 75.3 Å². The number of phosphoric ester groups is 1. The summed E-state index contributed by atoms with van der Waals surface area (Å²) in [5, 5.41) is 11.2. The third kappa shape index (κ3) is 10.3. The molecular formula is C30H47O7P. The molecule has 0 heterocycles. The van der Waals surface area contributed by atoms with E-state index in [9.17, 15) is 24.3 Å². The summed E-state index contributed by atoms with van der Waals surface area (Å²) in [4.78, 5) is 32.2. The van der Waals surface area contributed by atoms with Crippen molar-refractivity contribution in [2.24, 2.45) is 5.92 Å². The summed E-state index contributed by atoms with van der Waals surface area (Å²) in [5.41, 5.74) is 3.52. The fraction of sp³-hybridized carbons (Fsp3) is 0.633. The Balaban J connectivity index is 2.44. The van der Waals surface area contributed by atoms with Gasteiger partial charge in [-0.25, -0.2) is 9.36 Å². The number of aromatic hydroxyl groups is 1. The lowest BCUT2D eigenvalue weighted by atomic mass is 9.73. The first-order valence-corrected chi connectivity index (χ1v) is 15.6. The minimum Gasteiger partial charge on any atom is -0.507 e. The third-order valence-corrected chi connectivity index (χ3v) is 7.80. The Morgan fingerprint density at radius 2 is 1.76 bits per heavy atom. The van der Waals surface area contributed by atoms with Crippen LogP contribution in [0.15, 0.2) is 35.9 Å². The number of phosphoric acid groups is 1. The average Bonchev–Trinajstić information content (AvgIpc) is 2.82. The van der Waals surface area contributed by atoms with Gasteiger partial charge in [-0.15, -0.1) is 0 Å². The van der Waals surface area contributed by atoms with Gasteiger partial charge in [-0.2, -0.15) is 0 Å². The zero-order valence-electron chi connectivity index (χ0n) is 23.6. The van der Waals surface area contributed by atoms with Crippen molar-refractivity contribution in [1.29, 1.82) is 0 Å². The molecular weight excluding hydrogens is 503 g/mol. The van der Waals surface area contributed by atoms with E-state index in [1.807, 2.05) is 13.8 Å². The van der Waals surface area contributed by atoms with E-state index in [1.165, 1.54) is 5.57 Å². The van der Waals surface area contributed by atoms with Gasteiger partial charge in [0, 0.05) is 11.5 Å². The number of hydrogen-bond donors (Lipinski definition) is 3. The number of aryl methyl sites for hydroxylation is 1. The van der Waals surface area contributed by atoms with Crippen LogP contribution >= 0.6 is 7.82 Å². The quantitative estimate of drug-likeness (QED) is 0.0630. The number of phenols is 1. The first kappa shape index (κ1) is 32.3. The Morgan fingerprint density at radius 3 is 2.39 bits per heavy atom. The van der Waals surface area contributed by atoms with E-state index < -0.39 is 19.9 Å². The van der Waals surface area contributed by atoms with Crippen LogP contribution in [0, 0.1) is 5.92 Å². The molecule has 0 aromatic heterocycles. The van der Waals surface area contributed by atoms with Crippen LogP contribution in [0.1, 0.15) is 115 Å². The molecule has 0 aliphatic heterocycles. The van der Waals surface area contributed by atoms with Crippen molar-refractivity contribution in [3.05, 3.63) is 47.1 Å². The highest BCUT2D eigenvalue weighted by molar-refractivity contribution is 7.46. The number of ether oxygens (including phenoxy) is 1. The van der Waals surface area contributed by atoms with Crippen molar-refractivity contribution in [1.82, 2.24) is 0 Å². The molecule has 3 N–H and O–H groups in total. The molecule has 0 spiro atoms. The van der Waals surface area contributed by atoms with E-state index in [1.54, 1.807) is 12.1 Å². The predicted octanol–water partition coefficient (Wildman–Crippen LogP) is 7.88. The number of unbranched alkanes of at least 4 members (excludes halogenated alkanes) is 6. The van der Waals surface area contributed by atoms with Crippen LogP contribution in [0.25, 0.3) is 0 Å². The van der Waals surface area contributed by atoms with E-state index in [4.69, 9.17) is 9.26 Å². The molecule has 38 heavy (non-hydrogen) atoms. The van der Waals surface area contributed by atoms with Crippen LogP contribution in [0.2, 0.25) is 0 Å². The topological polar surface area (TPSA) is 113 Å². The SMILES string of the molecule is C=C(C)[C@@H]1CCC(C)=C[C@H]1c1c(O)cc(CCCCC)cc1OC(=O)C(CCCCCCC)OP(=O)(O)O. The van der Waals surface area contributed by atoms with E-state index in [-0.39, 0.29) is 29.8 Å². The molecule has 214 valence electrons. The van der Waals surface area contributed by atoms with Gasteiger partial charge in [0.15, 0.2) is 6.10 Å². The Hall–Kier alpha value is -1.92. The first-order chi connectivity index (χ1) is 18.0. The summed E-state index contributed by atoms with van der Waals surface area (Å²) >= 11 is 0. The molecule has 0 fully saturated rings. The molecule has 0 amide bonds. The van der Waals surface area contributed by atoms with Crippen molar-refractivity contribution in [3.63, 3.8) is 0 Å². The summed E-state index contributed by atoms with van der Waals surface area (Å²) in [7, 11) is -4.92. The maximum atomic E-state index is 13.3. The van der Waals surface area contributed by atoms with Gasteiger partial charge >= 0.3 is 13.8 Å². The van der Waals surface area contributed by atoms with Crippen molar-refractivity contribution < 1.29 is 33.5 Å². The standard InChI is InChI=1S/C30H47O7P/c1-6-8-10-11-13-15-27(37-38(33,34)35)30(32)36-28-20-23(14-12-9-7-2)19-26(31)29(28)25-18-22(5)16-17-24(25)21(3)4/h18-20,24-25,27,31H,3,6-17H2,1-2,4-5H3,(H2,33,34,35)/t24-,25+,27?/m0/s1. The third-order valence-electron chi connectivity index (χ3n) is 7.27. The minimum atomic E-state index is -4.92. The molecule has 3 atom stereocenters. The van der Waals surface area contributed by atoms with Crippen LogP contribution in [0.3, 0.4) is 0 Å². The minimum absolute atomic E-state index is 0.0519. The summed E-state index contributed by atoms with van der Waals surface area (Å²) in [6.07, 6.45) is 10.9. The molecule has 0 saturated heterocycles. The Labute approximate surface area is 228 Å². The Bertz CT molecular complexity index is 1010. The Morgan fingerprint density at radius 1 is 1.11 bits per heavy atom. The summed E-state index contributed by atoms with van der Waals surface area (Å²) in [6.45, 7) is 12.4. The number of phenolic OH excluding ortho intramolecular Hbond substituents is 1. The molecule has 8 heteroatoms. The number of carbonyl (C=O) groups excluding carboxylic acids is 1. The number of carbonyl (C=O) groups is 1. The monoisotopic (exact) mass is 550 g/mol. The maximum absolute atomic E-state index is 13.3. The Kier molecular flexibility index (Phi) is 13.3. The molecule has 2 rings (SSSR count). The normalized spacial score (nSPS) is 18.6. The fourth-order valence-corrected chi connectivity index (χ4v) is 5.73. The summed E-state index contributed by atoms with van der Waals surface area (Å²) in [5.74, 6) is -0.763. The lowest BCUT2D eigenvalue weighted by Gasteiger charge is -2.32. The second-order valence-corrected chi connectivity index (χ2v) is 11.9. The van der Waals surface area contributed by atoms with Crippen LogP contribution in [-0.2, 0) is 20.3 Å². The van der Waals surface area contributed by atoms with Crippen LogP contribution in [-0.4, -0.2) is 27.0 Å². The zero-order chi connectivity index (χ0) is 28.3. The number of hydrogen-bond acceptors (Lipinski definition) is 5. The predicted molar refractivity (Wildman–Crippen MR) is 151 cm³/mol. The molecule has 1 unspecified atom stereocenters. The number of rotatable bonds is 16. The highest BCUT2D eigenvalue weighted by atomic mass is 31.2. The van der Waals surface area contributed by atoms with Gasteiger partial charge in [-0.1, -0.05) is 82.6 Å². The second kappa shape index (κ2) is 15.6. The molecule has 1 aliphatic carbocycles. The lowest BCUT2D eigenvalue weighted by Crippen LogP contribution is -2.29. The smallest absolute Gasteiger partial charge is 0.470 e. The van der Waals surface area contributed by atoms with Crippen LogP contribution in [0.4, 0.5) is 0 Å². The molecule has 0 radical (unpaired) electrons. The van der Waals surface area contributed by atoms with Gasteiger partial charge in [0.1, 0.15) is 11.5 Å². The van der Waals surface area contributed by atoms with Gasteiger partial charge in [0.05, 0.1) is 0 Å². The van der Waals surface area contributed by atoms with Gasteiger partial charge < -0.3 is 19.6 Å². The fourth-order valence-electron chi connectivity index (χ4n) is 5.20. The average molecular weight is 551 g/mol. The van der Waals surface area contributed by atoms with Crippen molar-refractivity contribution in [3.8, 4) is 11.5 Å². The van der Waals surface area contributed by atoms with Crippen LogP contribution < -0.4 is 4.74 Å². The van der Waals surface area contributed by atoms with Crippen LogP contribution in [0.5, 0.6) is 11.5 Å². The molecule has 0 saturated carbocycles. The molecule has 1 aliphatic rings. The molecule has 7 nitrogen and oxygen atoms in total. The number of esters is 1. The molecule has 1 aromatic carbocycles. The second-order valence-electron chi connectivity index (χ2n) is 10.7. The van der Waals surface area contributed by atoms with Gasteiger partial charge in [-0.3, -0.25) is 4.52 Å². The lowest BCUT2D eigenvalue weighted by molar-refractivity contribution is -0.143. The number of benzene rings is 1. The van der Waals surface area contributed by atoms with E-state index in [2.05, 4.69) is 26.5 Å². The van der Waals surface area contributed by atoms with Gasteiger partial charge in [0.25, 0.3) is 0 Å². The van der Waals surface area contributed by atoms with Crippen molar-refractivity contribution in [2.45, 2.75) is 117 Å². The zero-order valence-corrected chi connectivity index (χ0v) is 24.5. The van der Waals surface area contributed by atoms with Crippen molar-refractivity contribution in [2.75, 3.05) is 0 Å². The maximum Gasteiger partial charge on any atom is 0.470 e. The first-order valence-electron chi connectivity index (χ1n) is 14.1. The highest BCUT2D eigenvalue weighted by Gasteiger charge is 2.34. The largest absolute Gasteiger partial charge is 0.507 e. The van der Waals surface area contributed by atoms with Gasteiger partial charge in [-0.05, 0) is 69.6 Å².